The maximum absolute atomic E-state index is 5.81. The smallest absolute Gasteiger partial charge is 0.236 e. The summed E-state index contributed by atoms with van der Waals surface area (Å²) in [5.41, 5.74) is 0. The van der Waals surface area contributed by atoms with Gasteiger partial charge in [-0.05, 0) is 19.2 Å². The lowest BCUT2D eigenvalue weighted by Gasteiger charge is -1.91. The van der Waals surface area contributed by atoms with Crippen LogP contribution in [0.3, 0.4) is 0 Å². The molecule has 0 fully saturated rings. The van der Waals surface area contributed by atoms with Crippen LogP contribution in [0.1, 0.15) is 5.76 Å². The van der Waals surface area contributed by atoms with Gasteiger partial charge in [0.1, 0.15) is 5.76 Å². The number of nitrogens with zero attached hydrogens (tertiary/aromatic N) is 1. The first-order chi connectivity index (χ1) is 6.79. The van der Waals surface area contributed by atoms with Crippen LogP contribution in [0.5, 0.6) is 0 Å². The van der Waals surface area contributed by atoms with Crippen LogP contribution in [0.25, 0.3) is 10.8 Å². The van der Waals surface area contributed by atoms with E-state index in [0.29, 0.717) is 12.4 Å². The van der Waals surface area contributed by atoms with Gasteiger partial charge in [-0.25, -0.2) is 4.98 Å². The molecule has 0 spiro atoms. The van der Waals surface area contributed by atoms with Crippen LogP contribution in [0.4, 0.5) is 0 Å². The molecule has 0 amide bonds. The molecular formula is C9H9ClN2OS. The SMILES string of the molecule is CNCc1cnc(-c2ccc(Cl)s2)o1. The van der Waals surface area contributed by atoms with E-state index < -0.39 is 0 Å². The van der Waals surface area contributed by atoms with Crippen molar-refractivity contribution in [1.29, 1.82) is 0 Å². The molecule has 0 saturated heterocycles. The van der Waals surface area contributed by atoms with Crippen LogP contribution >= 0.6 is 22.9 Å². The zero-order chi connectivity index (χ0) is 9.97. The molecular weight excluding hydrogens is 220 g/mol. The molecule has 0 unspecified atom stereocenters. The Morgan fingerprint density at radius 2 is 2.43 bits per heavy atom. The van der Waals surface area contributed by atoms with Crippen molar-refractivity contribution in [3.8, 4) is 10.8 Å². The van der Waals surface area contributed by atoms with Crippen molar-refractivity contribution in [1.82, 2.24) is 10.3 Å². The minimum absolute atomic E-state index is 0.632. The van der Waals surface area contributed by atoms with Gasteiger partial charge < -0.3 is 9.73 Å². The second-order valence-electron chi connectivity index (χ2n) is 2.77. The highest BCUT2D eigenvalue weighted by Crippen LogP contribution is 2.30. The van der Waals surface area contributed by atoms with Gasteiger partial charge in [0.2, 0.25) is 5.89 Å². The molecule has 0 aliphatic carbocycles. The van der Waals surface area contributed by atoms with Crippen LogP contribution in [-0.2, 0) is 6.54 Å². The lowest BCUT2D eigenvalue weighted by atomic mass is 10.5. The van der Waals surface area contributed by atoms with Crippen molar-refractivity contribution in [3.05, 3.63) is 28.4 Å². The molecule has 0 aliphatic heterocycles. The fourth-order valence-electron chi connectivity index (χ4n) is 1.11. The van der Waals surface area contributed by atoms with Crippen molar-refractivity contribution in [3.63, 3.8) is 0 Å². The Balaban J connectivity index is 2.24. The highest BCUT2D eigenvalue weighted by molar-refractivity contribution is 7.19. The molecule has 2 aromatic rings. The van der Waals surface area contributed by atoms with E-state index in [-0.39, 0.29) is 0 Å². The molecule has 2 rings (SSSR count). The summed E-state index contributed by atoms with van der Waals surface area (Å²) >= 11 is 7.28. The molecule has 1 N–H and O–H groups in total. The van der Waals surface area contributed by atoms with E-state index in [2.05, 4.69) is 10.3 Å². The largest absolute Gasteiger partial charge is 0.439 e. The van der Waals surface area contributed by atoms with Crippen LogP contribution in [-0.4, -0.2) is 12.0 Å². The van der Waals surface area contributed by atoms with Crippen molar-refractivity contribution in [2.75, 3.05) is 7.05 Å². The predicted octanol–water partition coefficient (Wildman–Crippen LogP) is 2.78. The van der Waals surface area contributed by atoms with Gasteiger partial charge in [0.15, 0.2) is 0 Å². The van der Waals surface area contributed by atoms with Crippen LogP contribution in [0, 0.1) is 0 Å². The number of hydrogen-bond donors (Lipinski definition) is 1. The van der Waals surface area contributed by atoms with Crippen LogP contribution < -0.4 is 5.32 Å². The summed E-state index contributed by atoms with van der Waals surface area (Å²) < 4.78 is 6.25. The Morgan fingerprint density at radius 3 is 3.07 bits per heavy atom. The lowest BCUT2D eigenvalue weighted by molar-refractivity contribution is 0.504. The van der Waals surface area contributed by atoms with E-state index in [1.807, 2.05) is 19.2 Å². The fraction of sp³-hybridized carbons (Fsp3) is 0.222. The number of hydrogen-bond acceptors (Lipinski definition) is 4. The molecule has 0 bridgehead atoms. The van der Waals surface area contributed by atoms with Gasteiger partial charge in [0.25, 0.3) is 0 Å². The van der Waals surface area contributed by atoms with Crippen LogP contribution in [0.15, 0.2) is 22.7 Å². The molecule has 3 nitrogen and oxygen atoms in total. The first kappa shape index (κ1) is 9.71. The zero-order valence-corrected chi connectivity index (χ0v) is 9.15. The second-order valence-corrected chi connectivity index (χ2v) is 4.48. The van der Waals surface area contributed by atoms with Crippen molar-refractivity contribution in [2.24, 2.45) is 0 Å². The maximum Gasteiger partial charge on any atom is 0.236 e. The Labute approximate surface area is 90.7 Å². The van der Waals surface area contributed by atoms with E-state index in [1.54, 1.807) is 6.20 Å². The number of nitrogens with one attached hydrogen (secondary N) is 1. The Hall–Kier alpha value is -0.840. The summed E-state index contributed by atoms with van der Waals surface area (Å²) in [6.45, 7) is 0.687. The van der Waals surface area contributed by atoms with Gasteiger partial charge in [0.05, 0.1) is 22.0 Å². The number of aromatic nitrogens is 1. The Bertz CT molecular complexity index is 424. The van der Waals surface area contributed by atoms with Crippen molar-refractivity contribution >= 4 is 22.9 Å². The third-order valence-electron chi connectivity index (χ3n) is 1.69. The summed E-state index contributed by atoms with van der Waals surface area (Å²) in [7, 11) is 1.87. The van der Waals surface area contributed by atoms with E-state index in [4.69, 9.17) is 16.0 Å². The molecule has 0 aliphatic rings. The average Bonchev–Trinajstić information content (AvgIpc) is 2.74. The molecule has 2 aromatic heterocycles. The van der Waals surface area contributed by atoms with Gasteiger partial charge in [-0.1, -0.05) is 11.6 Å². The predicted molar refractivity (Wildman–Crippen MR) is 57.6 cm³/mol. The Kier molecular flexibility index (Phi) is 2.86. The molecule has 2 heterocycles. The normalized spacial score (nSPS) is 10.7. The zero-order valence-electron chi connectivity index (χ0n) is 7.58. The summed E-state index contributed by atoms with van der Waals surface area (Å²) in [6, 6.07) is 3.74. The lowest BCUT2D eigenvalue weighted by Crippen LogP contribution is -2.03. The third kappa shape index (κ3) is 1.97. The number of halogens is 1. The van der Waals surface area contributed by atoms with Gasteiger partial charge in [0, 0.05) is 0 Å². The summed E-state index contributed by atoms with van der Waals surface area (Å²) in [5.74, 6) is 1.46. The molecule has 0 aromatic carbocycles. The quantitative estimate of drug-likeness (QED) is 0.878. The van der Waals surface area contributed by atoms with E-state index in [0.717, 1.165) is 15.0 Å². The van der Waals surface area contributed by atoms with E-state index in [9.17, 15) is 0 Å². The van der Waals surface area contributed by atoms with Crippen molar-refractivity contribution in [2.45, 2.75) is 6.54 Å². The van der Waals surface area contributed by atoms with E-state index >= 15 is 0 Å². The maximum atomic E-state index is 5.81. The van der Waals surface area contributed by atoms with Gasteiger partial charge in [-0.2, -0.15) is 0 Å². The fourth-order valence-corrected chi connectivity index (χ4v) is 2.08. The monoisotopic (exact) mass is 228 g/mol. The first-order valence-electron chi connectivity index (χ1n) is 4.14. The molecule has 5 heteroatoms. The molecule has 0 atom stereocenters. The molecule has 0 radical (unpaired) electrons. The summed E-state index contributed by atoms with van der Waals surface area (Å²) in [5, 5.41) is 3.00. The summed E-state index contributed by atoms with van der Waals surface area (Å²) in [4.78, 5) is 5.12. The van der Waals surface area contributed by atoms with Crippen LogP contribution in [0.2, 0.25) is 4.34 Å². The van der Waals surface area contributed by atoms with E-state index in [1.165, 1.54) is 11.3 Å². The third-order valence-corrected chi connectivity index (χ3v) is 2.91. The standard InChI is InChI=1S/C9H9ClN2OS/c1-11-4-6-5-12-9(13-6)7-2-3-8(10)14-7/h2-3,5,11H,4H2,1H3. The summed E-state index contributed by atoms with van der Waals surface area (Å²) in [6.07, 6.45) is 1.72. The minimum Gasteiger partial charge on any atom is -0.439 e. The highest BCUT2D eigenvalue weighted by Gasteiger charge is 2.08. The number of thiophene rings is 1. The van der Waals surface area contributed by atoms with Crippen molar-refractivity contribution < 1.29 is 4.42 Å². The molecule has 0 saturated carbocycles. The van der Waals surface area contributed by atoms with Gasteiger partial charge >= 0.3 is 0 Å². The number of rotatable bonds is 3. The van der Waals surface area contributed by atoms with Gasteiger partial charge in [-0.15, -0.1) is 11.3 Å². The topological polar surface area (TPSA) is 38.1 Å². The number of oxazole rings is 1. The molecule has 74 valence electrons. The molecule has 14 heavy (non-hydrogen) atoms. The highest BCUT2D eigenvalue weighted by atomic mass is 35.5. The first-order valence-corrected chi connectivity index (χ1v) is 5.34. The minimum atomic E-state index is 0.632. The Morgan fingerprint density at radius 1 is 1.57 bits per heavy atom. The average molecular weight is 229 g/mol. The van der Waals surface area contributed by atoms with Gasteiger partial charge in [-0.3, -0.25) is 0 Å². The second kappa shape index (κ2) is 4.13.